The van der Waals surface area contributed by atoms with Crippen molar-refractivity contribution in [2.45, 2.75) is 59.0 Å². The van der Waals surface area contributed by atoms with Crippen LogP contribution in [0.2, 0.25) is 0 Å². The van der Waals surface area contributed by atoms with E-state index in [0.29, 0.717) is 19.0 Å². The first-order valence-electron chi connectivity index (χ1n) is 7.21. The van der Waals surface area contributed by atoms with Crippen LogP contribution in [-0.4, -0.2) is 26.9 Å². The summed E-state index contributed by atoms with van der Waals surface area (Å²) >= 11 is 0. The third-order valence-electron chi connectivity index (χ3n) is 3.70. The zero-order valence-electron chi connectivity index (χ0n) is 12.5. The van der Waals surface area contributed by atoms with Gasteiger partial charge in [0.25, 0.3) is 0 Å². The molecule has 4 nitrogen and oxygen atoms in total. The molecule has 1 aromatic heterocycles. The summed E-state index contributed by atoms with van der Waals surface area (Å²) in [6.45, 7) is 10.2. The Labute approximate surface area is 115 Å². The second kappa shape index (κ2) is 5.35. The summed E-state index contributed by atoms with van der Waals surface area (Å²) in [5.74, 6) is 1.87. The van der Waals surface area contributed by atoms with Gasteiger partial charge in [-0.1, -0.05) is 34.1 Å². The number of nitrogens with zero attached hydrogens (tertiary/aromatic N) is 3. The number of hydrogen-bond acceptors (Lipinski definition) is 2. The van der Waals surface area contributed by atoms with Crippen LogP contribution in [0.3, 0.4) is 0 Å². The Kier molecular flexibility index (Phi) is 3.97. The van der Waals surface area contributed by atoms with E-state index >= 15 is 0 Å². The maximum Gasteiger partial charge on any atom is 0.224 e. The summed E-state index contributed by atoms with van der Waals surface area (Å²) in [7, 11) is 0. The molecule has 2 rings (SSSR count). The molecule has 0 saturated carbocycles. The van der Waals surface area contributed by atoms with E-state index < -0.39 is 0 Å². The Morgan fingerprint density at radius 2 is 2.16 bits per heavy atom. The standard InChI is InChI=1S/C15H25N3O/c1-5-6-12-9-13(19)18(10-12)11-17-8-7-16-14(17)15(2,3)4/h7-8,12H,5-6,9-11H2,1-4H3. The van der Waals surface area contributed by atoms with Crippen LogP contribution in [0.1, 0.15) is 52.8 Å². The van der Waals surface area contributed by atoms with E-state index in [4.69, 9.17) is 0 Å². The lowest BCUT2D eigenvalue weighted by molar-refractivity contribution is -0.129. The number of likely N-dealkylation sites (tertiary alicyclic amines) is 1. The first-order valence-corrected chi connectivity index (χ1v) is 7.21. The maximum atomic E-state index is 12.0. The van der Waals surface area contributed by atoms with Crippen molar-refractivity contribution in [3.63, 3.8) is 0 Å². The van der Waals surface area contributed by atoms with Crippen molar-refractivity contribution in [2.24, 2.45) is 5.92 Å². The molecule has 19 heavy (non-hydrogen) atoms. The lowest BCUT2D eigenvalue weighted by Crippen LogP contribution is -2.30. The summed E-state index contributed by atoms with van der Waals surface area (Å²) in [6, 6.07) is 0. The first kappa shape index (κ1) is 14.1. The molecule has 0 spiro atoms. The molecule has 1 unspecified atom stereocenters. The zero-order chi connectivity index (χ0) is 14.0. The van der Waals surface area contributed by atoms with Crippen molar-refractivity contribution in [3.8, 4) is 0 Å². The number of rotatable bonds is 4. The molecule has 2 heterocycles. The lowest BCUT2D eigenvalue weighted by atomic mass is 9.96. The van der Waals surface area contributed by atoms with Gasteiger partial charge in [-0.25, -0.2) is 4.98 Å². The molecule has 1 aliphatic heterocycles. The third-order valence-corrected chi connectivity index (χ3v) is 3.70. The predicted octanol–water partition coefficient (Wildman–Crippen LogP) is 2.79. The van der Waals surface area contributed by atoms with E-state index in [-0.39, 0.29) is 11.3 Å². The number of amides is 1. The second-order valence-corrected chi connectivity index (χ2v) is 6.59. The van der Waals surface area contributed by atoms with Gasteiger partial charge in [0.1, 0.15) is 5.82 Å². The Morgan fingerprint density at radius 3 is 2.79 bits per heavy atom. The summed E-state index contributed by atoms with van der Waals surface area (Å²) in [4.78, 5) is 18.4. The minimum atomic E-state index is 0.00902. The highest BCUT2D eigenvalue weighted by Gasteiger charge is 2.30. The largest absolute Gasteiger partial charge is 0.324 e. The van der Waals surface area contributed by atoms with Gasteiger partial charge in [-0.3, -0.25) is 4.79 Å². The summed E-state index contributed by atoms with van der Waals surface area (Å²) in [5, 5.41) is 0. The molecule has 0 N–H and O–H groups in total. The SMILES string of the molecule is CCCC1CC(=O)N(Cn2ccnc2C(C)(C)C)C1. The van der Waals surface area contributed by atoms with Crippen LogP contribution in [0, 0.1) is 5.92 Å². The summed E-state index contributed by atoms with van der Waals surface area (Å²) < 4.78 is 2.10. The fraction of sp³-hybridized carbons (Fsp3) is 0.733. The van der Waals surface area contributed by atoms with Crippen molar-refractivity contribution in [2.75, 3.05) is 6.54 Å². The van der Waals surface area contributed by atoms with Gasteiger partial charge in [-0.2, -0.15) is 0 Å². The van der Waals surface area contributed by atoms with Crippen LogP contribution in [0.15, 0.2) is 12.4 Å². The van der Waals surface area contributed by atoms with Crippen molar-refractivity contribution >= 4 is 5.91 Å². The minimum Gasteiger partial charge on any atom is -0.324 e. The van der Waals surface area contributed by atoms with E-state index in [1.165, 1.54) is 0 Å². The normalized spacial score (nSPS) is 20.3. The van der Waals surface area contributed by atoms with Crippen LogP contribution in [-0.2, 0) is 16.9 Å². The van der Waals surface area contributed by atoms with Gasteiger partial charge in [-0.05, 0) is 12.3 Å². The molecule has 0 bridgehead atoms. The zero-order valence-corrected chi connectivity index (χ0v) is 12.5. The number of carbonyl (C=O) groups excluding carboxylic acids is 1. The Morgan fingerprint density at radius 1 is 1.42 bits per heavy atom. The molecule has 0 aliphatic carbocycles. The van der Waals surface area contributed by atoms with Crippen LogP contribution < -0.4 is 0 Å². The second-order valence-electron chi connectivity index (χ2n) is 6.59. The number of hydrogen-bond donors (Lipinski definition) is 0. The molecule has 1 amide bonds. The van der Waals surface area contributed by atoms with E-state index in [1.807, 2.05) is 17.3 Å². The topological polar surface area (TPSA) is 38.1 Å². The number of imidazole rings is 1. The molecule has 1 fully saturated rings. The fourth-order valence-corrected chi connectivity index (χ4v) is 2.84. The quantitative estimate of drug-likeness (QED) is 0.837. The molecule has 0 aromatic carbocycles. The van der Waals surface area contributed by atoms with Crippen LogP contribution in [0.4, 0.5) is 0 Å². The van der Waals surface area contributed by atoms with Gasteiger partial charge < -0.3 is 9.47 Å². The third kappa shape index (κ3) is 3.17. The lowest BCUT2D eigenvalue weighted by Gasteiger charge is -2.24. The molecule has 1 aromatic rings. The Balaban J connectivity index is 2.06. The summed E-state index contributed by atoms with van der Waals surface area (Å²) in [5.41, 5.74) is 0.00902. The van der Waals surface area contributed by atoms with Gasteiger partial charge in [-0.15, -0.1) is 0 Å². The maximum absolute atomic E-state index is 12.0. The highest BCUT2D eigenvalue weighted by Crippen LogP contribution is 2.25. The van der Waals surface area contributed by atoms with Crippen molar-refractivity contribution in [1.29, 1.82) is 0 Å². The average Bonchev–Trinajstić information content (AvgIpc) is 2.87. The van der Waals surface area contributed by atoms with E-state index in [2.05, 4.69) is 37.2 Å². The highest BCUT2D eigenvalue weighted by molar-refractivity contribution is 5.78. The van der Waals surface area contributed by atoms with Gasteiger partial charge in [0.2, 0.25) is 5.91 Å². The van der Waals surface area contributed by atoms with Crippen molar-refractivity contribution < 1.29 is 4.79 Å². The molecule has 1 saturated heterocycles. The number of carbonyl (C=O) groups is 1. The van der Waals surface area contributed by atoms with E-state index in [9.17, 15) is 4.79 Å². The van der Waals surface area contributed by atoms with Gasteiger partial charge in [0.15, 0.2) is 0 Å². The molecular weight excluding hydrogens is 238 g/mol. The minimum absolute atomic E-state index is 0.00902. The monoisotopic (exact) mass is 263 g/mol. The van der Waals surface area contributed by atoms with Crippen molar-refractivity contribution in [1.82, 2.24) is 14.5 Å². The first-order chi connectivity index (χ1) is 8.91. The number of aromatic nitrogens is 2. The van der Waals surface area contributed by atoms with E-state index in [0.717, 1.165) is 25.2 Å². The van der Waals surface area contributed by atoms with Crippen LogP contribution in [0.25, 0.3) is 0 Å². The molecule has 1 atom stereocenters. The molecule has 0 radical (unpaired) electrons. The van der Waals surface area contributed by atoms with Gasteiger partial charge >= 0.3 is 0 Å². The smallest absolute Gasteiger partial charge is 0.224 e. The van der Waals surface area contributed by atoms with Gasteiger partial charge in [0.05, 0.1) is 6.67 Å². The molecule has 4 heteroatoms. The average molecular weight is 263 g/mol. The molecular formula is C15H25N3O. The Bertz CT molecular complexity index is 444. The predicted molar refractivity (Wildman–Crippen MR) is 75.7 cm³/mol. The van der Waals surface area contributed by atoms with Crippen LogP contribution in [0.5, 0.6) is 0 Å². The van der Waals surface area contributed by atoms with Gasteiger partial charge in [0, 0.05) is 30.8 Å². The molecule has 1 aliphatic rings. The van der Waals surface area contributed by atoms with Crippen LogP contribution >= 0.6 is 0 Å². The van der Waals surface area contributed by atoms with E-state index in [1.54, 1.807) is 0 Å². The molecule has 106 valence electrons. The van der Waals surface area contributed by atoms with Crippen molar-refractivity contribution in [3.05, 3.63) is 18.2 Å². The Hall–Kier alpha value is -1.32. The fourth-order valence-electron chi connectivity index (χ4n) is 2.84. The summed E-state index contributed by atoms with van der Waals surface area (Å²) in [6.07, 6.45) is 6.82. The highest BCUT2D eigenvalue weighted by atomic mass is 16.2.